The molecule has 15 heteroatoms. The average molecular weight is 793 g/mol. The molecule has 0 radical (unpaired) electrons. The summed E-state index contributed by atoms with van der Waals surface area (Å²) in [6, 6.07) is 15.8. The van der Waals surface area contributed by atoms with Gasteiger partial charge in [-0.25, -0.2) is 8.42 Å². The van der Waals surface area contributed by atoms with Crippen LogP contribution in [-0.4, -0.2) is 85.1 Å². The van der Waals surface area contributed by atoms with Crippen molar-refractivity contribution >= 4 is 39.1 Å². The number of amides is 1. The first kappa shape index (κ1) is 41.4. The van der Waals surface area contributed by atoms with Gasteiger partial charge in [0.15, 0.2) is 5.94 Å². The largest absolute Gasteiger partial charge is 0.490 e. The van der Waals surface area contributed by atoms with Gasteiger partial charge < -0.3 is 35.0 Å². The molecule has 290 valence electrons. The monoisotopic (exact) mass is 792 g/mol. The quantitative estimate of drug-likeness (QED) is 0.0492. The molecule has 0 aliphatic heterocycles. The van der Waals surface area contributed by atoms with Gasteiger partial charge in [-0.05, 0) is 92.2 Å². The number of aromatic nitrogens is 1. The van der Waals surface area contributed by atoms with Crippen LogP contribution in [0.15, 0.2) is 65.8 Å². The number of hydrogen-bond donors (Lipinski definition) is 5. The van der Waals surface area contributed by atoms with Gasteiger partial charge in [-0.2, -0.15) is 0 Å². The molecule has 3 aromatic rings. The number of rotatable bonds is 22. The van der Waals surface area contributed by atoms with Crippen molar-refractivity contribution in [3.63, 3.8) is 0 Å². The molecule has 0 spiro atoms. The number of halogens is 1. The molecule has 2 saturated carbocycles. The van der Waals surface area contributed by atoms with E-state index in [1.54, 1.807) is 18.0 Å². The van der Waals surface area contributed by atoms with Crippen LogP contribution in [0.1, 0.15) is 88.7 Å². The van der Waals surface area contributed by atoms with Crippen LogP contribution in [-0.2, 0) is 31.6 Å². The molecule has 5 N–H and O–H groups in total. The number of benzene rings is 2. The van der Waals surface area contributed by atoms with Crippen molar-refractivity contribution in [3.8, 4) is 16.9 Å². The highest BCUT2D eigenvalue weighted by Gasteiger charge is 2.62. The fourth-order valence-corrected chi connectivity index (χ4v) is 7.90. The predicted molar refractivity (Wildman–Crippen MR) is 201 cm³/mol. The van der Waals surface area contributed by atoms with Crippen molar-refractivity contribution in [2.24, 2.45) is 0 Å². The maximum Gasteiger partial charge on any atom is 0.348 e. The Morgan fingerprint density at radius 2 is 1.77 bits per heavy atom. The molecule has 1 amide bonds. The smallest absolute Gasteiger partial charge is 0.348 e. The number of nitrogens with zero attached hydrogens (tertiary/aromatic N) is 2. The zero-order valence-corrected chi connectivity index (χ0v) is 32.2. The van der Waals surface area contributed by atoms with Crippen molar-refractivity contribution in [2.75, 3.05) is 18.2 Å². The van der Waals surface area contributed by atoms with Crippen molar-refractivity contribution < 1.29 is 48.2 Å². The van der Waals surface area contributed by atoms with Crippen molar-refractivity contribution in [1.82, 2.24) is 9.88 Å². The molecular weight excluding hydrogens is 744 g/mol. The molecule has 0 unspecified atom stereocenters. The van der Waals surface area contributed by atoms with Crippen LogP contribution >= 0.6 is 23.4 Å². The highest BCUT2D eigenvalue weighted by atomic mass is 35.5. The fourth-order valence-electron chi connectivity index (χ4n) is 6.05. The summed E-state index contributed by atoms with van der Waals surface area (Å²) in [5.74, 6) is -4.98. The summed E-state index contributed by atoms with van der Waals surface area (Å²) >= 11 is 8.21. The lowest BCUT2D eigenvalue weighted by atomic mass is 9.96. The Labute approximate surface area is 320 Å². The Bertz CT molecular complexity index is 1820. The van der Waals surface area contributed by atoms with Gasteiger partial charge in [0, 0.05) is 46.4 Å². The number of carbonyl (C=O) groups excluding carboxylic acids is 1. The van der Waals surface area contributed by atoms with E-state index < -0.39 is 38.3 Å². The normalized spacial score (nSPS) is 15.7. The third kappa shape index (κ3) is 9.91. The van der Waals surface area contributed by atoms with Crippen molar-refractivity contribution in [2.45, 2.75) is 112 Å². The molecule has 2 fully saturated rings. The SMILES string of the molecule is CCCCCC(=O)N(CCCCCSc1ccc(Cl)c(COC2(c3cnccc3-c3ccccc3OC3CC3)CC2)c1)C(O)(O)C(O)(O)S(=O)(=O)CO. The van der Waals surface area contributed by atoms with Gasteiger partial charge >= 0.3 is 11.0 Å². The predicted octanol–water partition coefficient (Wildman–Crippen LogP) is 5.46. The number of sulfone groups is 1. The highest BCUT2D eigenvalue weighted by Crippen LogP contribution is 2.53. The zero-order chi connectivity index (χ0) is 38.3. The number of aliphatic hydroxyl groups is 5. The standard InChI is InChI=1S/C38H49ClN2O10S2/c1-2-3-5-12-35(43)41(37(44,45)38(46,47)53(48,49)26-42)21-8-4-9-22-52-29-15-16-33(39)27(23-29)25-50-36(18-19-36)32-24-40-20-17-30(32)31-10-6-7-11-34(31)51-28-13-14-28/h6-7,10-11,15-17,20,23-24,28,42,44-47H,2-5,8-9,12-14,18-19,21-22,25-26H2,1H3. The lowest BCUT2D eigenvalue weighted by molar-refractivity contribution is -0.369. The minimum atomic E-state index is -5.23. The second kappa shape index (κ2) is 17.8. The number of ether oxygens (including phenoxy) is 2. The van der Waals surface area contributed by atoms with E-state index in [9.17, 15) is 33.6 Å². The number of carbonyl (C=O) groups is 1. The van der Waals surface area contributed by atoms with Crippen molar-refractivity contribution in [1.29, 1.82) is 0 Å². The molecule has 2 aromatic carbocycles. The van der Waals surface area contributed by atoms with E-state index in [0.29, 0.717) is 48.0 Å². The molecule has 2 aliphatic rings. The first-order valence-corrected chi connectivity index (χ1v) is 21.1. The third-order valence-electron chi connectivity index (χ3n) is 9.54. The van der Waals surface area contributed by atoms with Gasteiger partial charge in [-0.15, -0.1) is 11.8 Å². The Hall–Kier alpha value is -2.79. The van der Waals surface area contributed by atoms with Gasteiger partial charge in [-0.1, -0.05) is 56.0 Å². The van der Waals surface area contributed by atoms with Gasteiger partial charge in [0.25, 0.3) is 0 Å². The summed E-state index contributed by atoms with van der Waals surface area (Å²) in [4.78, 5) is 18.7. The van der Waals surface area contributed by atoms with Crippen LogP contribution in [0, 0.1) is 0 Å². The Kier molecular flexibility index (Phi) is 13.9. The van der Waals surface area contributed by atoms with E-state index in [0.717, 1.165) is 65.0 Å². The van der Waals surface area contributed by atoms with Crippen LogP contribution in [0.2, 0.25) is 5.02 Å². The Balaban J connectivity index is 1.16. The van der Waals surface area contributed by atoms with E-state index >= 15 is 0 Å². The zero-order valence-electron chi connectivity index (χ0n) is 29.8. The summed E-state index contributed by atoms with van der Waals surface area (Å²) in [6.07, 6.45) is 10.8. The molecule has 0 atom stereocenters. The number of pyridine rings is 1. The summed E-state index contributed by atoms with van der Waals surface area (Å²) in [5, 5.41) is 47.1. The van der Waals surface area contributed by atoms with E-state index in [2.05, 4.69) is 11.1 Å². The summed E-state index contributed by atoms with van der Waals surface area (Å²) in [6.45, 7) is 1.86. The number of aliphatic hydroxyl groups excluding tert-OH is 1. The molecule has 1 heterocycles. The summed E-state index contributed by atoms with van der Waals surface area (Å²) < 4.78 is 37.0. The molecule has 1 aromatic heterocycles. The van der Waals surface area contributed by atoms with E-state index in [4.69, 9.17) is 26.2 Å². The summed E-state index contributed by atoms with van der Waals surface area (Å²) in [7, 11) is -5.23. The first-order chi connectivity index (χ1) is 25.3. The average Bonchev–Trinajstić information content (AvgIpc) is 4.09. The minimum absolute atomic E-state index is 0.155. The molecule has 0 bridgehead atoms. The molecule has 5 rings (SSSR count). The minimum Gasteiger partial charge on any atom is -0.490 e. The van der Waals surface area contributed by atoms with E-state index in [1.165, 1.54) is 0 Å². The molecule has 12 nitrogen and oxygen atoms in total. The maximum absolute atomic E-state index is 12.9. The maximum atomic E-state index is 12.9. The van der Waals surface area contributed by atoms with Gasteiger partial charge in [0.1, 0.15) is 5.75 Å². The van der Waals surface area contributed by atoms with Crippen LogP contribution in [0.3, 0.4) is 0 Å². The molecule has 53 heavy (non-hydrogen) atoms. The topological polar surface area (TPSA) is 187 Å². The number of thioether (sulfide) groups is 1. The van der Waals surface area contributed by atoms with Gasteiger partial charge in [0.05, 0.1) is 18.3 Å². The third-order valence-corrected chi connectivity index (χ3v) is 12.5. The van der Waals surface area contributed by atoms with Crippen LogP contribution in [0.5, 0.6) is 5.75 Å². The van der Waals surface area contributed by atoms with Crippen LogP contribution in [0.25, 0.3) is 11.1 Å². The number of unbranched alkanes of at least 4 members (excludes halogenated alkanes) is 4. The van der Waals surface area contributed by atoms with Gasteiger partial charge in [-0.3, -0.25) is 14.7 Å². The Morgan fingerprint density at radius 1 is 1.02 bits per heavy atom. The van der Waals surface area contributed by atoms with Crippen LogP contribution in [0.4, 0.5) is 0 Å². The van der Waals surface area contributed by atoms with E-state index in [1.807, 2.05) is 55.6 Å². The lowest BCUT2D eigenvalue weighted by Crippen LogP contribution is -2.69. The first-order valence-electron chi connectivity index (χ1n) is 18.0. The van der Waals surface area contributed by atoms with Gasteiger partial charge in [0.2, 0.25) is 15.7 Å². The van der Waals surface area contributed by atoms with Crippen molar-refractivity contribution in [3.05, 3.63) is 77.1 Å². The molecule has 2 aliphatic carbocycles. The fraction of sp³-hybridized carbons (Fsp3) is 0.526. The van der Waals surface area contributed by atoms with E-state index in [-0.39, 0.29) is 25.5 Å². The highest BCUT2D eigenvalue weighted by molar-refractivity contribution is 7.99. The number of para-hydroxylation sites is 1. The van der Waals surface area contributed by atoms with Crippen LogP contribution < -0.4 is 4.74 Å². The lowest BCUT2D eigenvalue weighted by Gasteiger charge is -2.41. The number of hydrogen-bond acceptors (Lipinski definition) is 12. The molecule has 0 saturated heterocycles. The molecular formula is C38H49ClN2O10S2. The Morgan fingerprint density at radius 3 is 2.47 bits per heavy atom. The second-order valence-electron chi connectivity index (χ2n) is 13.7. The summed E-state index contributed by atoms with van der Waals surface area (Å²) in [5.41, 5.74) is 3.45. The second-order valence-corrected chi connectivity index (χ2v) is 17.3.